The van der Waals surface area contributed by atoms with Crippen LogP contribution in [-0.4, -0.2) is 37.2 Å². The van der Waals surface area contributed by atoms with Crippen LogP contribution < -0.4 is 0 Å². The molecule has 55 heavy (non-hydrogen) atoms. The Bertz CT molecular complexity index is 828. The maximum Gasteiger partial charge on any atom is 0.306 e. The third-order valence-corrected chi connectivity index (χ3v) is 11.4. The summed E-state index contributed by atoms with van der Waals surface area (Å²) in [7, 11) is 0. The normalized spacial score (nSPS) is 12.4. The van der Waals surface area contributed by atoms with E-state index in [1.165, 1.54) is 167 Å². The van der Waals surface area contributed by atoms with Crippen LogP contribution in [0.1, 0.15) is 272 Å². The molecule has 0 saturated carbocycles. The number of rotatable bonds is 44. The second kappa shape index (κ2) is 43.5. The Morgan fingerprint density at radius 1 is 0.364 bits per heavy atom. The van der Waals surface area contributed by atoms with E-state index in [0.717, 1.165) is 63.7 Å². The molecular formula is C49H94O6. The minimum Gasteiger partial charge on any atom is -0.462 e. The van der Waals surface area contributed by atoms with Crippen LogP contribution in [0.25, 0.3) is 0 Å². The summed E-state index contributed by atoms with van der Waals surface area (Å²) in [4.78, 5) is 37.7. The Morgan fingerprint density at radius 3 is 0.945 bits per heavy atom. The van der Waals surface area contributed by atoms with Crippen molar-refractivity contribution >= 4 is 17.9 Å². The predicted octanol–water partition coefficient (Wildman–Crippen LogP) is 15.5. The second-order valence-electron chi connectivity index (χ2n) is 17.0. The third-order valence-electron chi connectivity index (χ3n) is 11.4. The van der Waals surface area contributed by atoms with E-state index in [4.69, 9.17) is 14.2 Å². The van der Waals surface area contributed by atoms with Gasteiger partial charge in [0.05, 0.1) is 0 Å². The summed E-state index contributed by atoms with van der Waals surface area (Å²) < 4.78 is 16.7. The number of esters is 3. The Morgan fingerprint density at radius 2 is 0.636 bits per heavy atom. The van der Waals surface area contributed by atoms with Crippen LogP contribution in [0.3, 0.4) is 0 Å². The summed E-state index contributed by atoms with van der Waals surface area (Å²) in [5, 5.41) is 0. The topological polar surface area (TPSA) is 78.9 Å². The van der Waals surface area contributed by atoms with Gasteiger partial charge in [-0.2, -0.15) is 0 Å². The molecule has 0 fully saturated rings. The maximum absolute atomic E-state index is 12.7. The number of hydrogen-bond acceptors (Lipinski definition) is 6. The van der Waals surface area contributed by atoms with Gasteiger partial charge in [0.1, 0.15) is 13.2 Å². The minimum absolute atomic E-state index is 0.0635. The lowest BCUT2D eigenvalue weighted by atomic mass is 9.99. The molecule has 0 aromatic heterocycles. The molecule has 1 unspecified atom stereocenters. The summed E-state index contributed by atoms with van der Waals surface area (Å²) in [6.45, 7) is 9.03. The number of carbonyl (C=O) groups excluding carboxylic acids is 3. The first-order valence-corrected chi connectivity index (χ1v) is 24.4. The molecule has 6 heteroatoms. The standard InChI is InChI=1S/C49H94O6/c1-5-8-10-12-14-16-25-29-33-37-41-48(51)54-44-46(43-53-47(50)40-36-32-28-23-15-13-11-9-6-2)55-49(52)42-38-34-30-26-22-20-18-17-19-21-24-27-31-35-39-45(4)7-3/h45-46H,5-44H2,1-4H3/t45?,46-/m1/s1. The molecule has 0 rings (SSSR count). The highest BCUT2D eigenvalue weighted by atomic mass is 16.6. The molecule has 0 bridgehead atoms. The maximum atomic E-state index is 12.7. The highest BCUT2D eigenvalue weighted by molar-refractivity contribution is 5.71. The van der Waals surface area contributed by atoms with Crippen LogP contribution >= 0.6 is 0 Å². The van der Waals surface area contributed by atoms with E-state index < -0.39 is 6.10 Å². The van der Waals surface area contributed by atoms with Gasteiger partial charge >= 0.3 is 17.9 Å². The van der Waals surface area contributed by atoms with Crippen LogP contribution in [0.2, 0.25) is 0 Å². The smallest absolute Gasteiger partial charge is 0.306 e. The largest absolute Gasteiger partial charge is 0.462 e. The second-order valence-corrected chi connectivity index (χ2v) is 17.0. The lowest BCUT2D eigenvalue weighted by Gasteiger charge is -2.18. The number of ether oxygens (including phenoxy) is 3. The van der Waals surface area contributed by atoms with Crippen LogP contribution in [0.15, 0.2) is 0 Å². The van der Waals surface area contributed by atoms with Crippen molar-refractivity contribution in [3.63, 3.8) is 0 Å². The first kappa shape index (κ1) is 53.4. The molecule has 0 N–H and O–H groups in total. The SMILES string of the molecule is CCCCCCCCCCCCC(=O)OC[C@@H](COC(=O)CCCCCCCCCCC)OC(=O)CCCCCCCCCCCCCCCCC(C)CC. The van der Waals surface area contributed by atoms with E-state index in [-0.39, 0.29) is 31.1 Å². The van der Waals surface area contributed by atoms with Gasteiger partial charge in [-0.3, -0.25) is 14.4 Å². The summed E-state index contributed by atoms with van der Waals surface area (Å²) in [5.74, 6) is 0.0416. The highest BCUT2D eigenvalue weighted by Crippen LogP contribution is 2.17. The van der Waals surface area contributed by atoms with Crippen molar-refractivity contribution in [2.45, 2.75) is 278 Å². The number of carbonyl (C=O) groups is 3. The molecule has 0 radical (unpaired) electrons. The molecule has 6 nitrogen and oxygen atoms in total. The molecule has 0 aliphatic rings. The first-order valence-electron chi connectivity index (χ1n) is 24.4. The van der Waals surface area contributed by atoms with Crippen LogP contribution in [-0.2, 0) is 28.6 Å². The summed E-state index contributed by atoms with van der Waals surface area (Å²) in [6, 6.07) is 0. The van der Waals surface area contributed by atoms with E-state index in [1.807, 2.05) is 0 Å². The van der Waals surface area contributed by atoms with Gasteiger partial charge in [0, 0.05) is 19.3 Å². The Kier molecular flexibility index (Phi) is 42.3. The molecule has 0 aromatic rings. The van der Waals surface area contributed by atoms with E-state index in [2.05, 4.69) is 27.7 Å². The van der Waals surface area contributed by atoms with Crippen LogP contribution in [0.5, 0.6) is 0 Å². The van der Waals surface area contributed by atoms with Crippen molar-refractivity contribution in [2.24, 2.45) is 5.92 Å². The first-order chi connectivity index (χ1) is 26.9. The van der Waals surface area contributed by atoms with E-state index in [0.29, 0.717) is 19.3 Å². The third kappa shape index (κ3) is 41.9. The average Bonchev–Trinajstić information content (AvgIpc) is 3.18. The van der Waals surface area contributed by atoms with Crippen LogP contribution in [0.4, 0.5) is 0 Å². The van der Waals surface area contributed by atoms with Gasteiger partial charge in [0.15, 0.2) is 6.10 Å². The minimum atomic E-state index is -0.758. The number of hydrogen-bond donors (Lipinski definition) is 0. The van der Waals surface area contributed by atoms with Crippen LogP contribution in [0, 0.1) is 5.92 Å². The zero-order valence-corrected chi connectivity index (χ0v) is 37.4. The molecule has 0 amide bonds. The Balaban J connectivity index is 4.25. The monoisotopic (exact) mass is 779 g/mol. The predicted molar refractivity (Wildman–Crippen MR) is 233 cm³/mol. The summed E-state index contributed by atoms with van der Waals surface area (Å²) in [5.41, 5.74) is 0. The molecular weight excluding hydrogens is 685 g/mol. The van der Waals surface area contributed by atoms with Gasteiger partial charge in [-0.25, -0.2) is 0 Å². The number of unbranched alkanes of at least 4 members (excludes halogenated alkanes) is 30. The van der Waals surface area contributed by atoms with Gasteiger partial charge in [0.2, 0.25) is 0 Å². The Hall–Kier alpha value is -1.59. The molecule has 0 aliphatic carbocycles. The van der Waals surface area contributed by atoms with Crippen molar-refractivity contribution in [1.29, 1.82) is 0 Å². The van der Waals surface area contributed by atoms with Crippen molar-refractivity contribution in [3.05, 3.63) is 0 Å². The van der Waals surface area contributed by atoms with Gasteiger partial charge in [-0.05, 0) is 25.2 Å². The van der Waals surface area contributed by atoms with Gasteiger partial charge < -0.3 is 14.2 Å². The fraction of sp³-hybridized carbons (Fsp3) is 0.939. The van der Waals surface area contributed by atoms with Gasteiger partial charge in [-0.15, -0.1) is 0 Å². The molecule has 326 valence electrons. The van der Waals surface area contributed by atoms with Crippen molar-refractivity contribution in [3.8, 4) is 0 Å². The van der Waals surface area contributed by atoms with Crippen molar-refractivity contribution < 1.29 is 28.6 Å². The van der Waals surface area contributed by atoms with Gasteiger partial charge in [0.25, 0.3) is 0 Å². The fourth-order valence-electron chi connectivity index (χ4n) is 7.30. The molecule has 0 spiro atoms. The zero-order chi connectivity index (χ0) is 40.3. The van der Waals surface area contributed by atoms with Crippen molar-refractivity contribution in [1.82, 2.24) is 0 Å². The van der Waals surface area contributed by atoms with E-state index in [9.17, 15) is 14.4 Å². The summed E-state index contributed by atoms with van der Waals surface area (Å²) in [6.07, 6.45) is 43.7. The van der Waals surface area contributed by atoms with E-state index >= 15 is 0 Å². The van der Waals surface area contributed by atoms with E-state index in [1.54, 1.807) is 0 Å². The summed E-state index contributed by atoms with van der Waals surface area (Å²) >= 11 is 0. The Labute approximate surface area is 342 Å². The lowest BCUT2D eigenvalue weighted by molar-refractivity contribution is -0.167. The zero-order valence-electron chi connectivity index (χ0n) is 37.4. The molecule has 0 aromatic carbocycles. The van der Waals surface area contributed by atoms with Crippen molar-refractivity contribution in [2.75, 3.05) is 13.2 Å². The highest BCUT2D eigenvalue weighted by Gasteiger charge is 2.19. The molecule has 0 aliphatic heterocycles. The molecule has 0 saturated heterocycles. The fourth-order valence-corrected chi connectivity index (χ4v) is 7.30. The van der Waals surface area contributed by atoms with Gasteiger partial charge in [-0.1, -0.05) is 233 Å². The lowest BCUT2D eigenvalue weighted by Crippen LogP contribution is -2.30. The molecule has 2 atom stereocenters. The quantitative estimate of drug-likeness (QED) is 0.0348. The average molecular weight is 779 g/mol. The molecule has 0 heterocycles.